The number of benzene rings is 2. The third-order valence-electron chi connectivity index (χ3n) is 2.78. The lowest BCUT2D eigenvalue weighted by atomic mass is 10.2. The van der Waals surface area contributed by atoms with Crippen molar-refractivity contribution in [3.05, 3.63) is 65.2 Å². The monoisotopic (exact) mass is 365 g/mol. The highest BCUT2D eigenvalue weighted by molar-refractivity contribution is 7.99. The van der Waals surface area contributed by atoms with Crippen molar-refractivity contribution in [2.75, 3.05) is 12.3 Å². The molecular formula is C16H16ClN3OS2. The molecule has 23 heavy (non-hydrogen) atoms. The standard InChI is InChI=1S/C16H16ClN3OS2/c17-13-6-4-5-12(11-13)15(21)19-20-16(22)18-9-10-23-14-7-2-1-3-8-14/h1-8,11H,9-10H2,(H,19,21)(H2,18,20,22). The normalized spacial score (nSPS) is 9.96. The van der Waals surface area contributed by atoms with Crippen LogP contribution in [0, 0.1) is 0 Å². The van der Waals surface area contributed by atoms with Crippen LogP contribution in [-0.4, -0.2) is 23.3 Å². The SMILES string of the molecule is O=C(NNC(=S)NCCSc1ccccc1)c1cccc(Cl)c1. The van der Waals surface area contributed by atoms with Gasteiger partial charge < -0.3 is 5.32 Å². The fourth-order valence-electron chi connectivity index (χ4n) is 1.71. The second-order valence-corrected chi connectivity index (χ2v) is 6.52. The molecule has 2 rings (SSSR count). The van der Waals surface area contributed by atoms with Crippen molar-refractivity contribution in [1.29, 1.82) is 0 Å². The summed E-state index contributed by atoms with van der Waals surface area (Å²) in [7, 11) is 0. The molecule has 0 fully saturated rings. The molecule has 0 aromatic heterocycles. The molecule has 0 aliphatic carbocycles. The van der Waals surface area contributed by atoms with Gasteiger partial charge in [-0.1, -0.05) is 35.9 Å². The summed E-state index contributed by atoms with van der Waals surface area (Å²) < 4.78 is 0. The molecule has 120 valence electrons. The average Bonchev–Trinajstić information content (AvgIpc) is 2.57. The Labute approximate surface area is 150 Å². The van der Waals surface area contributed by atoms with Gasteiger partial charge >= 0.3 is 0 Å². The topological polar surface area (TPSA) is 53.2 Å². The van der Waals surface area contributed by atoms with Crippen molar-refractivity contribution in [2.45, 2.75) is 4.90 Å². The van der Waals surface area contributed by atoms with Crippen LogP contribution >= 0.6 is 35.6 Å². The van der Waals surface area contributed by atoms with Crippen LogP contribution in [0.15, 0.2) is 59.5 Å². The van der Waals surface area contributed by atoms with E-state index in [9.17, 15) is 4.79 Å². The number of thiocarbonyl (C=S) groups is 1. The van der Waals surface area contributed by atoms with Gasteiger partial charge in [-0.25, -0.2) is 0 Å². The number of rotatable bonds is 5. The number of halogens is 1. The van der Waals surface area contributed by atoms with Crippen molar-refractivity contribution in [1.82, 2.24) is 16.2 Å². The lowest BCUT2D eigenvalue weighted by Crippen LogP contribution is -2.47. The summed E-state index contributed by atoms with van der Waals surface area (Å²) in [5.41, 5.74) is 5.66. The summed E-state index contributed by atoms with van der Waals surface area (Å²) in [4.78, 5) is 13.1. The first-order valence-electron chi connectivity index (χ1n) is 6.93. The van der Waals surface area contributed by atoms with Crippen molar-refractivity contribution in [3.63, 3.8) is 0 Å². The summed E-state index contributed by atoms with van der Waals surface area (Å²) in [6.07, 6.45) is 0. The number of hydrogen-bond donors (Lipinski definition) is 3. The lowest BCUT2D eigenvalue weighted by Gasteiger charge is -2.11. The van der Waals surface area contributed by atoms with Crippen LogP contribution in [0.3, 0.4) is 0 Å². The summed E-state index contributed by atoms with van der Waals surface area (Å²) in [5.74, 6) is 0.573. The first-order valence-corrected chi connectivity index (χ1v) is 8.70. The van der Waals surface area contributed by atoms with E-state index in [1.165, 1.54) is 4.90 Å². The Morgan fingerprint density at radius 3 is 2.61 bits per heavy atom. The molecule has 0 aliphatic rings. The number of nitrogens with one attached hydrogen (secondary N) is 3. The number of thioether (sulfide) groups is 1. The maximum atomic E-state index is 11.9. The Hall–Kier alpha value is -1.76. The predicted octanol–water partition coefficient (Wildman–Crippen LogP) is 3.24. The predicted molar refractivity (Wildman–Crippen MR) is 99.8 cm³/mol. The van der Waals surface area contributed by atoms with Gasteiger partial charge in [0.15, 0.2) is 5.11 Å². The van der Waals surface area contributed by atoms with Crippen LogP contribution in [0.4, 0.5) is 0 Å². The minimum Gasteiger partial charge on any atom is -0.361 e. The minimum atomic E-state index is -0.296. The number of hydrogen-bond acceptors (Lipinski definition) is 3. The summed E-state index contributed by atoms with van der Waals surface area (Å²) >= 11 is 12.7. The van der Waals surface area contributed by atoms with Gasteiger partial charge in [-0.3, -0.25) is 15.6 Å². The van der Waals surface area contributed by atoms with Gasteiger partial charge in [0, 0.05) is 27.8 Å². The van der Waals surface area contributed by atoms with E-state index in [4.69, 9.17) is 23.8 Å². The smallest absolute Gasteiger partial charge is 0.269 e. The van der Waals surface area contributed by atoms with Crippen LogP contribution in [0.1, 0.15) is 10.4 Å². The van der Waals surface area contributed by atoms with E-state index in [0.717, 1.165) is 5.75 Å². The molecule has 0 spiro atoms. The van der Waals surface area contributed by atoms with E-state index in [2.05, 4.69) is 28.3 Å². The summed E-state index contributed by atoms with van der Waals surface area (Å²) in [6.45, 7) is 0.693. The van der Waals surface area contributed by atoms with E-state index in [1.807, 2.05) is 18.2 Å². The number of hydrazine groups is 1. The molecule has 0 saturated heterocycles. The second-order valence-electron chi connectivity index (χ2n) is 4.51. The molecule has 0 unspecified atom stereocenters. The molecule has 0 atom stereocenters. The zero-order chi connectivity index (χ0) is 16.5. The fourth-order valence-corrected chi connectivity index (χ4v) is 2.84. The van der Waals surface area contributed by atoms with E-state index < -0.39 is 0 Å². The van der Waals surface area contributed by atoms with Crippen molar-refractivity contribution in [3.8, 4) is 0 Å². The average molecular weight is 366 g/mol. The van der Waals surface area contributed by atoms with Crippen molar-refractivity contribution < 1.29 is 4.79 Å². The van der Waals surface area contributed by atoms with E-state index in [1.54, 1.807) is 36.0 Å². The first kappa shape index (κ1) is 17.6. The Morgan fingerprint density at radius 1 is 1.09 bits per heavy atom. The van der Waals surface area contributed by atoms with Gasteiger partial charge in [-0.05, 0) is 42.5 Å². The van der Waals surface area contributed by atoms with Gasteiger partial charge in [0.1, 0.15) is 0 Å². The molecular weight excluding hydrogens is 350 g/mol. The quantitative estimate of drug-likeness (QED) is 0.329. The van der Waals surface area contributed by atoms with Crippen LogP contribution < -0.4 is 16.2 Å². The molecule has 4 nitrogen and oxygen atoms in total. The van der Waals surface area contributed by atoms with Gasteiger partial charge in [0.2, 0.25) is 0 Å². The first-order chi connectivity index (χ1) is 11.1. The Kier molecular flexibility index (Phi) is 7.19. The Bertz CT molecular complexity index is 667. The Balaban J connectivity index is 1.64. The molecule has 1 amide bonds. The molecule has 0 radical (unpaired) electrons. The number of carbonyl (C=O) groups is 1. The molecule has 3 N–H and O–H groups in total. The molecule has 2 aromatic rings. The second kappa shape index (κ2) is 9.39. The number of carbonyl (C=O) groups excluding carboxylic acids is 1. The van der Waals surface area contributed by atoms with E-state index in [-0.39, 0.29) is 5.91 Å². The molecule has 0 bridgehead atoms. The van der Waals surface area contributed by atoms with Crippen LogP contribution in [0.25, 0.3) is 0 Å². The number of amides is 1. The van der Waals surface area contributed by atoms with Crippen LogP contribution in [0.2, 0.25) is 5.02 Å². The molecule has 0 saturated carbocycles. The van der Waals surface area contributed by atoms with Crippen molar-refractivity contribution >= 4 is 46.6 Å². The van der Waals surface area contributed by atoms with Gasteiger partial charge in [0.05, 0.1) is 0 Å². The van der Waals surface area contributed by atoms with Gasteiger partial charge in [-0.15, -0.1) is 11.8 Å². The largest absolute Gasteiger partial charge is 0.361 e. The minimum absolute atomic E-state index is 0.296. The van der Waals surface area contributed by atoms with Gasteiger partial charge in [0.25, 0.3) is 5.91 Å². The zero-order valence-corrected chi connectivity index (χ0v) is 14.6. The molecule has 0 aliphatic heterocycles. The third kappa shape index (κ3) is 6.48. The Morgan fingerprint density at radius 2 is 1.87 bits per heavy atom. The molecule has 7 heteroatoms. The fraction of sp³-hybridized carbons (Fsp3) is 0.125. The molecule has 0 heterocycles. The maximum Gasteiger partial charge on any atom is 0.269 e. The molecule has 2 aromatic carbocycles. The van der Waals surface area contributed by atoms with E-state index >= 15 is 0 Å². The van der Waals surface area contributed by atoms with Crippen LogP contribution in [-0.2, 0) is 0 Å². The van der Waals surface area contributed by atoms with Gasteiger partial charge in [-0.2, -0.15) is 0 Å². The highest BCUT2D eigenvalue weighted by Gasteiger charge is 2.05. The summed E-state index contributed by atoms with van der Waals surface area (Å²) in [5, 5.41) is 3.91. The van der Waals surface area contributed by atoms with E-state index in [0.29, 0.717) is 22.2 Å². The third-order valence-corrected chi connectivity index (χ3v) is 4.27. The highest BCUT2D eigenvalue weighted by Crippen LogP contribution is 2.15. The highest BCUT2D eigenvalue weighted by atomic mass is 35.5. The maximum absolute atomic E-state index is 11.9. The zero-order valence-electron chi connectivity index (χ0n) is 12.2. The van der Waals surface area contributed by atoms with Crippen LogP contribution in [0.5, 0.6) is 0 Å². The summed E-state index contributed by atoms with van der Waals surface area (Å²) in [6, 6.07) is 16.8. The van der Waals surface area contributed by atoms with Crippen molar-refractivity contribution in [2.24, 2.45) is 0 Å². The lowest BCUT2D eigenvalue weighted by molar-refractivity contribution is 0.0943.